The van der Waals surface area contributed by atoms with Crippen molar-refractivity contribution in [1.29, 1.82) is 0 Å². The third-order valence-corrected chi connectivity index (χ3v) is 5.02. The summed E-state index contributed by atoms with van der Waals surface area (Å²) in [5.41, 5.74) is 4.24. The second kappa shape index (κ2) is 9.18. The molecule has 0 radical (unpaired) electrons. The van der Waals surface area contributed by atoms with Crippen LogP contribution in [0, 0.1) is 0 Å². The number of benzene rings is 1. The molecule has 0 unspecified atom stereocenters. The number of ether oxygens (including phenoxy) is 1. The molecule has 0 saturated carbocycles. The van der Waals surface area contributed by atoms with Gasteiger partial charge >= 0.3 is 0 Å². The highest BCUT2D eigenvalue weighted by Crippen LogP contribution is 2.31. The predicted molar refractivity (Wildman–Crippen MR) is 109 cm³/mol. The van der Waals surface area contributed by atoms with Crippen molar-refractivity contribution in [2.75, 3.05) is 6.61 Å². The second-order valence-electron chi connectivity index (χ2n) is 5.97. The molecule has 1 aromatic carbocycles. The molecule has 1 amide bonds. The Morgan fingerprint density at radius 2 is 2.18 bits per heavy atom. The number of nitrogens with one attached hydrogen (secondary N) is 1. The number of hydrogen-bond donors (Lipinski definition) is 1. The summed E-state index contributed by atoms with van der Waals surface area (Å²) in [7, 11) is 0. The lowest BCUT2D eigenvalue weighted by atomic mass is 10.1. The Hall–Kier alpha value is -2.42. The summed E-state index contributed by atoms with van der Waals surface area (Å²) >= 11 is 13.7. The number of halogens is 2. The average molecular weight is 438 g/mol. The maximum Gasteiger partial charge on any atom is 0.278 e. The van der Waals surface area contributed by atoms with E-state index in [9.17, 15) is 4.79 Å². The topological polar surface area (TPSA) is 81.4 Å². The van der Waals surface area contributed by atoms with E-state index >= 15 is 0 Å². The minimum Gasteiger partial charge on any atom is -0.466 e. The van der Waals surface area contributed by atoms with Crippen LogP contribution in [-0.4, -0.2) is 27.0 Å². The van der Waals surface area contributed by atoms with E-state index in [1.165, 1.54) is 29.9 Å². The highest BCUT2D eigenvalue weighted by Gasteiger charge is 2.14. The van der Waals surface area contributed by atoms with Gasteiger partial charge in [0, 0.05) is 34.4 Å². The predicted octanol–water partition coefficient (Wildman–Crippen LogP) is 3.91. The van der Waals surface area contributed by atoms with Crippen molar-refractivity contribution in [1.82, 2.24) is 20.0 Å². The lowest BCUT2D eigenvalue weighted by molar-refractivity contribution is -0.123. The molecule has 1 N–H and O–H groups in total. The van der Waals surface area contributed by atoms with E-state index in [0.29, 0.717) is 14.8 Å². The van der Waals surface area contributed by atoms with Crippen LogP contribution in [0.4, 0.5) is 0 Å². The Morgan fingerprint density at radius 1 is 1.36 bits per heavy atom. The maximum absolute atomic E-state index is 12.0. The van der Waals surface area contributed by atoms with Gasteiger partial charge in [-0.2, -0.15) is 0 Å². The van der Waals surface area contributed by atoms with Crippen LogP contribution in [0.3, 0.4) is 0 Å². The van der Waals surface area contributed by atoms with Gasteiger partial charge in [-0.1, -0.05) is 23.2 Å². The number of amides is 1. The van der Waals surface area contributed by atoms with E-state index in [2.05, 4.69) is 20.5 Å². The van der Waals surface area contributed by atoms with Crippen LogP contribution in [0.25, 0.3) is 11.3 Å². The molecule has 0 aliphatic rings. The minimum absolute atomic E-state index is 0.0967. The molecule has 10 heteroatoms. The summed E-state index contributed by atoms with van der Waals surface area (Å²) in [6.45, 7) is 3.83. The van der Waals surface area contributed by atoms with Crippen LogP contribution in [0.15, 0.2) is 47.3 Å². The van der Waals surface area contributed by atoms with Crippen LogP contribution >= 0.6 is 34.5 Å². The molecule has 146 valence electrons. The summed E-state index contributed by atoms with van der Waals surface area (Å²) in [5, 5.41) is 7.29. The van der Waals surface area contributed by atoms with Crippen molar-refractivity contribution < 1.29 is 9.53 Å². The lowest BCUT2D eigenvalue weighted by Gasteiger charge is -2.14. The van der Waals surface area contributed by atoms with Crippen LogP contribution in [0.5, 0.6) is 5.88 Å². The Balaban J connectivity index is 1.80. The van der Waals surface area contributed by atoms with Gasteiger partial charge in [-0.25, -0.2) is 10.4 Å². The third-order valence-electron chi connectivity index (χ3n) is 3.63. The van der Waals surface area contributed by atoms with Gasteiger partial charge in [-0.3, -0.25) is 9.78 Å². The zero-order chi connectivity index (χ0) is 20.1. The summed E-state index contributed by atoms with van der Waals surface area (Å²) in [4.78, 5) is 20.5. The average Bonchev–Trinajstić information content (AvgIpc) is 3.09. The van der Waals surface area contributed by atoms with Gasteiger partial charge in [0.2, 0.25) is 10.7 Å². The zero-order valence-electron chi connectivity index (χ0n) is 15.1. The molecule has 0 aliphatic carbocycles. The van der Waals surface area contributed by atoms with Crippen LogP contribution < -0.4 is 15.0 Å². The summed E-state index contributed by atoms with van der Waals surface area (Å²) in [5.74, 6) is -0.133. The zero-order valence-corrected chi connectivity index (χ0v) is 17.4. The van der Waals surface area contributed by atoms with E-state index < -0.39 is 5.91 Å². The molecule has 0 spiro atoms. The first-order valence-electron chi connectivity index (χ1n) is 8.32. The Labute approximate surface area is 175 Å². The first kappa shape index (κ1) is 20.3. The molecule has 0 aliphatic heterocycles. The maximum atomic E-state index is 12.0. The molecular formula is C18H17Cl2N5O2S. The fraction of sp³-hybridized carbons (Fsp3) is 0.222. The molecule has 28 heavy (non-hydrogen) atoms. The molecule has 0 saturated heterocycles. The molecule has 3 aromatic rings. The Morgan fingerprint density at radius 3 is 2.86 bits per heavy atom. The normalized spacial score (nSPS) is 11.7. The Kier molecular flexibility index (Phi) is 6.66. The lowest BCUT2D eigenvalue weighted by Crippen LogP contribution is -2.29. The van der Waals surface area contributed by atoms with Gasteiger partial charge < -0.3 is 9.30 Å². The number of rotatable bonds is 6. The molecule has 3 rings (SSSR count). The minimum atomic E-state index is -0.402. The fourth-order valence-electron chi connectivity index (χ4n) is 2.44. The quantitative estimate of drug-likeness (QED) is 0.592. The van der Waals surface area contributed by atoms with E-state index in [4.69, 9.17) is 27.9 Å². The summed E-state index contributed by atoms with van der Waals surface area (Å²) in [6, 6.07) is 5.44. The molecule has 7 nitrogen and oxygen atoms in total. The van der Waals surface area contributed by atoms with Gasteiger partial charge in [0.05, 0.1) is 16.9 Å². The van der Waals surface area contributed by atoms with Crippen molar-refractivity contribution >= 4 is 40.4 Å². The number of aromatic nitrogens is 3. The van der Waals surface area contributed by atoms with Gasteiger partial charge in [-0.05, 0) is 32.0 Å². The van der Waals surface area contributed by atoms with Gasteiger partial charge in [0.15, 0.2) is 6.61 Å². The standard InChI is InChI=1S/C18H17Cl2N5O2S/c1-11(2)25-15(13-4-3-12(19)7-14(13)20)10-28-18(25)24-23-16(26)9-27-17-8-21-5-6-22-17/h3-8,10-11H,9H2,1-2H3,(H,23,26)/b24-18-. The first-order valence-corrected chi connectivity index (χ1v) is 9.96. The number of hydrogen-bond acceptors (Lipinski definition) is 6. The first-order chi connectivity index (χ1) is 13.5. The van der Waals surface area contributed by atoms with Crippen molar-refractivity contribution in [3.63, 3.8) is 0 Å². The number of carbonyl (C=O) groups excluding carboxylic acids is 1. The number of thiazole rings is 1. The monoisotopic (exact) mass is 437 g/mol. The molecule has 2 aromatic heterocycles. The molecule has 0 bridgehead atoms. The fourth-order valence-corrected chi connectivity index (χ4v) is 3.92. The van der Waals surface area contributed by atoms with Crippen LogP contribution in [-0.2, 0) is 4.79 Å². The van der Waals surface area contributed by atoms with Crippen LogP contribution in [0.2, 0.25) is 10.0 Å². The van der Waals surface area contributed by atoms with Crippen molar-refractivity contribution in [2.24, 2.45) is 5.10 Å². The van der Waals surface area contributed by atoms with Gasteiger partial charge in [-0.15, -0.1) is 16.4 Å². The highest BCUT2D eigenvalue weighted by molar-refractivity contribution is 7.07. The molecule has 0 atom stereocenters. The third kappa shape index (κ3) is 4.89. The summed E-state index contributed by atoms with van der Waals surface area (Å²) < 4.78 is 7.25. The van der Waals surface area contributed by atoms with E-state index in [1.807, 2.05) is 29.9 Å². The SMILES string of the molecule is CC(C)n1c(-c2ccc(Cl)cc2Cl)cs/c1=N\NC(=O)COc1cnccn1. The number of nitrogens with zero attached hydrogens (tertiary/aromatic N) is 4. The van der Waals surface area contributed by atoms with E-state index in [0.717, 1.165) is 11.3 Å². The van der Waals surface area contributed by atoms with Crippen molar-refractivity contribution in [3.8, 4) is 17.1 Å². The number of carbonyl (C=O) groups is 1. The summed E-state index contributed by atoms with van der Waals surface area (Å²) in [6.07, 6.45) is 4.44. The van der Waals surface area contributed by atoms with Gasteiger partial charge in [0.25, 0.3) is 5.91 Å². The van der Waals surface area contributed by atoms with Crippen LogP contribution in [0.1, 0.15) is 19.9 Å². The van der Waals surface area contributed by atoms with Crippen molar-refractivity contribution in [2.45, 2.75) is 19.9 Å². The Bertz CT molecular complexity index is 1030. The molecule has 2 heterocycles. The second-order valence-corrected chi connectivity index (χ2v) is 7.65. The highest BCUT2D eigenvalue weighted by atomic mass is 35.5. The van der Waals surface area contributed by atoms with E-state index in [-0.39, 0.29) is 18.5 Å². The molecular weight excluding hydrogens is 421 g/mol. The van der Waals surface area contributed by atoms with Gasteiger partial charge in [0.1, 0.15) is 0 Å². The van der Waals surface area contributed by atoms with E-state index in [1.54, 1.807) is 12.1 Å². The largest absolute Gasteiger partial charge is 0.466 e. The van der Waals surface area contributed by atoms with Crippen molar-refractivity contribution in [3.05, 3.63) is 57.0 Å². The smallest absolute Gasteiger partial charge is 0.278 e. The molecule has 0 fully saturated rings.